The lowest BCUT2D eigenvalue weighted by Crippen LogP contribution is -2.06. The minimum Gasteiger partial charge on any atom is -0.411 e. The molecule has 0 saturated heterocycles. The van der Waals surface area contributed by atoms with Crippen molar-refractivity contribution in [1.29, 1.82) is 0 Å². The van der Waals surface area contributed by atoms with E-state index in [0.717, 1.165) is 22.0 Å². The Morgan fingerprint density at radius 3 is 2.50 bits per heavy atom. The molecule has 0 fully saturated rings. The number of benzene rings is 2. The van der Waals surface area contributed by atoms with Crippen LogP contribution in [0, 0.1) is 0 Å². The molecule has 0 aliphatic rings. The van der Waals surface area contributed by atoms with Crippen LogP contribution in [0.1, 0.15) is 11.1 Å². The molecule has 0 bridgehead atoms. The van der Waals surface area contributed by atoms with Gasteiger partial charge in [-0.25, -0.2) is 0 Å². The van der Waals surface area contributed by atoms with E-state index in [2.05, 4.69) is 10.1 Å². The molecular weight excluding hydrogens is 248 g/mol. The number of nitrogens with zero attached hydrogens (tertiary/aromatic N) is 2. The lowest BCUT2D eigenvalue weighted by atomic mass is 9.99. The van der Waals surface area contributed by atoms with Crippen molar-refractivity contribution in [2.45, 2.75) is 6.42 Å². The zero-order chi connectivity index (χ0) is 13.8. The van der Waals surface area contributed by atoms with Crippen LogP contribution in [0.15, 0.2) is 72.0 Å². The number of para-hydroxylation sites is 1. The van der Waals surface area contributed by atoms with Crippen molar-refractivity contribution in [2.24, 2.45) is 5.16 Å². The molecule has 3 rings (SSSR count). The van der Waals surface area contributed by atoms with Crippen molar-refractivity contribution in [3.8, 4) is 0 Å². The average molecular weight is 262 g/mol. The molecule has 0 radical (unpaired) electrons. The van der Waals surface area contributed by atoms with E-state index in [1.54, 1.807) is 6.20 Å². The molecule has 0 aliphatic heterocycles. The van der Waals surface area contributed by atoms with E-state index in [-0.39, 0.29) is 0 Å². The van der Waals surface area contributed by atoms with Gasteiger partial charge in [-0.05, 0) is 23.3 Å². The van der Waals surface area contributed by atoms with Gasteiger partial charge in [-0.1, -0.05) is 53.7 Å². The van der Waals surface area contributed by atoms with Gasteiger partial charge in [-0.3, -0.25) is 4.98 Å². The van der Waals surface area contributed by atoms with Crippen LogP contribution in [0.2, 0.25) is 0 Å². The summed E-state index contributed by atoms with van der Waals surface area (Å²) >= 11 is 0. The summed E-state index contributed by atoms with van der Waals surface area (Å²) in [6, 6.07) is 19.7. The molecule has 3 heteroatoms. The molecule has 98 valence electrons. The summed E-state index contributed by atoms with van der Waals surface area (Å²) in [7, 11) is 0. The average Bonchev–Trinajstić information content (AvgIpc) is 2.53. The van der Waals surface area contributed by atoms with Crippen molar-refractivity contribution in [2.75, 3.05) is 0 Å². The Labute approximate surface area is 117 Å². The number of pyridine rings is 1. The second kappa shape index (κ2) is 5.53. The number of rotatable bonds is 3. The summed E-state index contributed by atoms with van der Waals surface area (Å²) in [6.45, 7) is 0. The molecule has 1 heterocycles. The van der Waals surface area contributed by atoms with Crippen LogP contribution in [0.4, 0.5) is 0 Å². The van der Waals surface area contributed by atoms with Gasteiger partial charge in [0.15, 0.2) is 0 Å². The highest BCUT2D eigenvalue weighted by molar-refractivity contribution is 6.03. The molecule has 3 nitrogen and oxygen atoms in total. The number of hydrogen-bond acceptors (Lipinski definition) is 3. The predicted octanol–water partition coefficient (Wildman–Crippen LogP) is 3.66. The molecule has 0 spiro atoms. The second-order valence-electron chi connectivity index (χ2n) is 4.58. The Bertz CT molecular complexity index is 746. The summed E-state index contributed by atoms with van der Waals surface area (Å²) in [5, 5.41) is 13.8. The van der Waals surface area contributed by atoms with Crippen molar-refractivity contribution in [1.82, 2.24) is 4.98 Å². The first-order valence-corrected chi connectivity index (χ1v) is 6.47. The third kappa shape index (κ3) is 2.38. The second-order valence-corrected chi connectivity index (χ2v) is 4.58. The van der Waals surface area contributed by atoms with Gasteiger partial charge in [0.05, 0.1) is 11.2 Å². The number of oxime groups is 1. The standard InChI is InChI=1S/C17H14N2O/c20-19-17(13-6-2-1-3-7-13)12-14-10-11-18-16-9-5-4-8-15(14)16/h1-11,20H,12H2/b19-17-. The molecule has 0 unspecified atom stereocenters. The molecule has 0 atom stereocenters. The maximum atomic E-state index is 9.29. The van der Waals surface area contributed by atoms with E-state index in [9.17, 15) is 5.21 Å². The summed E-state index contributed by atoms with van der Waals surface area (Å²) < 4.78 is 0. The summed E-state index contributed by atoms with van der Waals surface area (Å²) in [5.41, 5.74) is 3.64. The van der Waals surface area contributed by atoms with Crippen LogP contribution >= 0.6 is 0 Å². The Morgan fingerprint density at radius 2 is 1.70 bits per heavy atom. The largest absolute Gasteiger partial charge is 0.411 e. The Hall–Kier alpha value is -2.68. The van der Waals surface area contributed by atoms with Crippen LogP contribution in [0.25, 0.3) is 10.9 Å². The van der Waals surface area contributed by atoms with E-state index in [0.29, 0.717) is 12.1 Å². The van der Waals surface area contributed by atoms with E-state index in [1.165, 1.54) is 0 Å². The van der Waals surface area contributed by atoms with Gasteiger partial charge in [0, 0.05) is 18.0 Å². The first kappa shape index (κ1) is 12.4. The van der Waals surface area contributed by atoms with Gasteiger partial charge in [-0.2, -0.15) is 0 Å². The topological polar surface area (TPSA) is 45.5 Å². The fourth-order valence-corrected chi connectivity index (χ4v) is 2.32. The fourth-order valence-electron chi connectivity index (χ4n) is 2.32. The normalized spacial score (nSPS) is 11.7. The summed E-state index contributed by atoms with van der Waals surface area (Å²) in [5.74, 6) is 0. The van der Waals surface area contributed by atoms with Crippen LogP contribution < -0.4 is 0 Å². The minimum absolute atomic E-state index is 0.573. The number of fused-ring (bicyclic) bond motifs is 1. The maximum absolute atomic E-state index is 9.29. The lowest BCUT2D eigenvalue weighted by Gasteiger charge is -2.07. The molecule has 0 amide bonds. The van der Waals surface area contributed by atoms with Gasteiger partial charge >= 0.3 is 0 Å². The highest BCUT2D eigenvalue weighted by atomic mass is 16.4. The summed E-state index contributed by atoms with van der Waals surface area (Å²) in [4.78, 5) is 4.35. The molecular formula is C17H14N2O. The third-order valence-corrected chi connectivity index (χ3v) is 3.32. The van der Waals surface area contributed by atoms with Crippen molar-refractivity contribution in [3.63, 3.8) is 0 Å². The molecule has 3 aromatic rings. The smallest absolute Gasteiger partial charge is 0.0911 e. The van der Waals surface area contributed by atoms with E-state index in [4.69, 9.17) is 0 Å². The lowest BCUT2D eigenvalue weighted by molar-refractivity contribution is 0.318. The first-order chi connectivity index (χ1) is 9.88. The molecule has 1 N–H and O–H groups in total. The van der Waals surface area contributed by atoms with E-state index < -0.39 is 0 Å². The Balaban J connectivity index is 2.01. The van der Waals surface area contributed by atoms with Crippen molar-refractivity contribution < 1.29 is 5.21 Å². The van der Waals surface area contributed by atoms with Crippen LogP contribution in [0.5, 0.6) is 0 Å². The Kier molecular flexibility index (Phi) is 3.42. The highest BCUT2D eigenvalue weighted by Crippen LogP contribution is 2.18. The number of hydrogen-bond donors (Lipinski definition) is 1. The molecule has 0 aliphatic carbocycles. The van der Waals surface area contributed by atoms with Crippen molar-refractivity contribution >= 4 is 16.6 Å². The molecule has 0 saturated carbocycles. The van der Waals surface area contributed by atoms with Gasteiger partial charge in [0.2, 0.25) is 0 Å². The molecule has 1 aromatic heterocycles. The quantitative estimate of drug-likeness (QED) is 0.445. The zero-order valence-corrected chi connectivity index (χ0v) is 10.9. The van der Waals surface area contributed by atoms with E-state index >= 15 is 0 Å². The molecule has 20 heavy (non-hydrogen) atoms. The first-order valence-electron chi connectivity index (χ1n) is 6.47. The maximum Gasteiger partial charge on any atom is 0.0911 e. The summed E-state index contributed by atoms with van der Waals surface area (Å²) in [6.07, 6.45) is 2.36. The van der Waals surface area contributed by atoms with Gasteiger partial charge in [0.25, 0.3) is 0 Å². The van der Waals surface area contributed by atoms with Crippen LogP contribution in [-0.2, 0) is 6.42 Å². The third-order valence-electron chi connectivity index (χ3n) is 3.32. The van der Waals surface area contributed by atoms with Crippen molar-refractivity contribution in [3.05, 3.63) is 78.0 Å². The predicted molar refractivity (Wildman–Crippen MR) is 80.2 cm³/mol. The SMILES string of the molecule is O/N=C(/Cc1ccnc2ccccc12)c1ccccc1. The minimum atomic E-state index is 0.573. The van der Waals surface area contributed by atoms with Gasteiger partial charge < -0.3 is 5.21 Å². The van der Waals surface area contributed by atoms with E-state index in [1.807, 2.05) is 60.7 Å². The van der Waals surface area contributed by atoms with Crippen LogP contribution in [0.3, 0.4) is 0 Å². The zero-order valence-electron chi connectivity index (χ0n) is 10.9. The van der Waals surface area contributed by atoms with Gasteiger partial charge in [0.1, 0.15) is 0 Å². The van der Waals surface area contributed by atoms with Crippen LogP contribution in [-0.4, -0.2) is 15.9 Å². The highest BCUT2D eigenvalue weighted by Gasteiger charge is 2.08. The van der Waals surface area contributed by atoms with Gasteiger partial charge in [-0.15, -0.1) is 0 Å². The molecule has 2 aromatic carbocycles. The number of aromatic nitrogens is 1. The fraction of sp³-hybridized carbons (Fsp3) is 0.0588. The monoisotopic (exact) mass is 262 g/mol. The Morgan fingerprint density at radius 1 is 0.950 bits per heavy atom.